The minimum Gasteiger partial charge on any atom is -0.497 e. The third kappa shape index (κ3) is 2.80. The van der Waals surface area contributed by atoms with Crippen LogP contribution in [0.4, 0.5) is 0 Å². The lowest BCUT2D eigenvalue weighted by Crippen LogP contribution is -2.50. The molecule has 8 nitrogen and oxygen atoms in total. The van der Waals surface area contributed by atoms with Gasteiger partial charge in [-0.05, 0) is 30.7 Å². The van der Waals surface area contributed by atoms with E-state index in [1.54, 1.807) is 17.6 Å². The zero-order valence-electron chi connectivity index (χ0n) is 12.7. The van der Waals surface area contributed by atoms with Crippen LogP contribution in [0.25, 0.3) is 0 Å². The van der Waals surface area contributed by atoms with Crippen LogP contribution < -0.4 is 10.2 Å². The molecule has 9 heteroatoms. The van der Waals surface area contributed by atoms with E-state index in [1.165, 1.54) is 23.5 Å². The molecule has 1 aromatic carbocycles. The third-order valence-electron chi connectivity index (χ3n) is 4.40. The maximum absolute atomic E-state index is 13.0. The Balaban J connectivity index is 1.91. The zero-order valence-corrected chi connectivity index (χ0v) is 13.5. The van der Waals surface area contributed by atoms with Crippen molar-refractivity contribution in [2.24, 2.45) is 0 Å². The first-order chi connectivity index (χ1) is 11.0. The van der Waals surface area contributed by atoms with E-state index < -0.39 is 22.1 Å². The number of benzene rings is 1. The maximum atomic E-state index is 13.0. The number of nitrogens with one attached hydrogen (secondary N) is 1. The number of nitrogens with zero attached hydrogens (tertiary/aromatic N) is 2. The molecule has 2 fully saturated rings. The fraction of sp³-hybridized carbons (Fsp3) is 0.500. The van der Waals surface area contributed by atoms with Gasteiger partial charge in [0.05, 0.1) is 24.6 Å². The van der Waals surface area contributed by atoms with Crippen LogP contribution >= 0.6 is 0 Å². The summed E-state index contributed by atoms with van der Waals surface area (Å²) in [5.41, 5.74) is 1.57. The molecule has 126 valence electrons. The quantitative estimate of drug-likeness (QED) is 0.577. The number of hydroxylamine groups is 1. The van der Waals surface area contributed by atoms with E-state index in [9.17, 15) is 13.2 Å². The van der Waals surface area contributed by atoms with Crippen LogP contribution in [0.5, 0.6) is 5.75 Å². The van der Waals surface area contributed by atoms with Crippen LogP contribution in [0.15, 0.2) is 29.2 Å². The molecule has 0 spiro atoms. The number of carbonyl (C=O) groups excluding carboxylic acids is 1. The molecule has 2 aliphatic heterocycles. The highest BCUT2D eigenvalue weighted by Crippen LogP contribution is 2.36. The molecule has 2 N–H and O–H groups in total. The fourth-order valence-electron chi connectivity index (χ4n) is 3.31. The SMILES string of the molecule is COc1ccc(S(=O)(=O)N2C3CCN(C3)[C@@H]2CC(=O)NO)cc1. The van der Waals surface area contributed by atoms with E-state index in [4.69, 9.17) is 9.94 Å². The molecule has 1 amide bonds. The van der Waals surface area contributed by atoms with E-state index in [2.05, 4.69) is 0 Å². The van der Waals surface area contributed by atoms with Gasteiger partial charge in [0, 0.05) is 19.1 Å². The van der Waals surface area contributed by atoms with Crippen molar-refractivity contribution in [1.82, 2.24) is 14.7 Å². The first-order valence-electron chi connectivity index (χ1n) is 7.32. The molecule has 2 saturated heterocycles. The largest absolute Gasteiger partial charge is 0.497 e. The van der Waals surface area contributed by atoms with Crippen molar-refractivity contribution < 1.29 is 23.2 Å². The standard InChI is InChI=1S/C14H19N3O5S/c1-22-11-2-4-12(5-3-11)23(20,21)17-10-6-7-16(9-10)14(17)8-13(18)15-19/h2-5,10,14,19H,6-9H2,1H3,(H,15,18)/t10?,14-/m0/s1. The van der Waals surface area contributed by atoms with Crippen molar-refractivity contribution in [2.45, 2.75) is 29.9 Å². The Labute approximate surface area is 134 Å². The predicted octanol–water partition coefficient (Wildman–Crippen LogP) is -0.00460. The van der Waals surface area contributed by atoms with Gasteiger partial charge in [0.2, 0.25) is 15.9 Å². The van der Waals surface area contributed by atoms with Crippen LogP contribution in [-0.4, -0.2) is 61.1 Å². The highest BCUT2D eigenvalue weighted by molar-refractivity contribution is 7.89. The number of amides is 1. The van der Waals surface area contributed by atoms with Gasteiger partial charge in [0.25, 0.3) is 0 Å². The molecule has 3 atom stereocenters. The number of hydrogen-bond donors (Lipinski definition) is 2. The number of carbonyl (C=O) groups is 1. The van der Waals surface area contributed by atoms with Gasteiger partial charge in [-0.3, -0.25) is 14.9 Å². The lowest BCUT2D eigenvalue weighted by atomic mass is 10.2. The Hall–Kier alpha value is -1.68. The van der Waals surface area contributed by atoms with E-state index in [-0.39, 0.29) is 17.4 Å². The number of fused-ring (bicyclic) bond motifs is 2. The number of sulfonamides is 1. The predicted molar refractivity (Wildman–Crippen MR) is 80.3 cm³/mol. The Morgan fingerprint density at radius 3 is 2.70 bits per heavy atom. The Bertz CT molecular complexity index is 691. The van der Waals surface area contributed by atoms with Crippen molar-refractivity contribution >= 4 is 15.9 Å². The molecule has 0 aliphatic carbocycles. The molecule has 2 heterocycles. The second kappa shape index (κ2) is 6.08. The minimum atomic E-state index is -3.72. The van der Waals surface area contributed by atoms with Crippen molar-refractivity contribution in [1.29, 1.82) is 0 Å². The van der Waals surface area contributed by atoms with Gasteiger partial charge in [-0.15, -0.1) is 0 Å². The summed E-state index contributed by atoms with van der Waals surface area (Å²) in [5.74, 6) is -0.0238. The van der Waals surface area contributed by atoms with Crippen LogP contribution in [-0.2, 0) is 14.8 Å². The molecule has 2 bridgehead atoms. The van der Waals surface area contributed by atoms with Crippen LogP contribution in [0.1, 0.15) is 12.8 Å². The van der Waals surface area contributed by atoms with E-state index >= 15 is 0 Å². The molecule has 2 aliphatic rings. The van der Waals surface area contributed by atoms with E-state index in [0.717, 1.165) is 13.0 Å². The maximum Gasteiger partial charge on any atom is 0.246 e. The summed E-state index contributed by atoms with van der Waals surface area (Å²) in [4.78, 5) is 13.6. The molecule has 1 aromatic rings. The summed E-state index contributed by atoms with van der Waals surface area (Å²) < 4.78 is 32.4. The molecule has 23 heavy (non-hydrogen) atoms. The van der Waals surface area contributed by atoms with Crippen molar-refractivity contribution in [2.75, 3.05) is 20.2 Å². The normalized spacial score (nSPS) is 27.1. The summed E-state index contributed by atoms with van der Waals surface area (Å²) in [6.45, 7) is 1.36. The van der Waals surface area contributed by atoms with Gasteiger partial charge in [-0.2, -0.15) is 4.31 Å². The lowest BCUT2D eigenvalue weighted by Gasteiger charge is -2.34. The highest BCUT2D eigenvalue weighted by Gasteiger charge is 2.50. The summed E-state index contributed by atoms with van der Waals surface area (Å²) in [6, 6.07) is 6.05. The van der Waals surface area contributed by atoms with Crippen LogP contribution in [0.2, 0.25) is 0 Å². The van der Waals surface area contributed by atoms with Crippen molar-refractivity contribution in [3.8, 4) is 5.75 Å². The first-order valence-corrected chi connectivity index (χ1v) is 8.76. The number of methoxy groups -OCH3 is 1. The molecule has 0 aromatic heterocycles. The second-order valence-electron chi connectivity index (χ2n) is 5.67. The van der Waals surface area contributed by atoms with Gasteiger partial charge in [-0.25, -0.2) is 13.9 Å². The molecule has 0 saturated carbocycles. The Morgan fingerprint density at radius 1 is 1.39 bits per heavy atom. The first kappa shape index (κ1) is 16.2. The van der Waals surface area contributed by atoms with Crippen LogP contribution in [0, 0.1) is 0 Å². The molecular formula is C14H19N3O5S. The van der Waals surface area contributed by atoms with E-state index in [0.29, 0.717) is 12.3 Å². The van der Waals surface area contributed by atoms with Gasteiger partial charge >= 0.3 is 0 Å². The van der Waals surface area contributed by atoms with Gasteiger partial charge in [-0.1, -0.05) is 0 Å². The summed E-state index contributed by atoms with van der Waals surface area (Å²) >= 11 is 0. The highest BCUT2D eigenvalue weighted by atomic mass is 32.2. The summed E-state index contributed by atoms with van der Waals surface area (Å²) in [5, 5.41) is 8.73. The van der Waals surface area contributed by atoms with E-state index in [1.807, 2.05) is 4.90 Å². The van der Waals surface area contributed by atoms with Crippen molar-refractivity contribution in [3.05, 3.63) is 24.3 Å². The molecule has 0 radical (unpaired) electrons. The van der Waals surface area contributed by atoms with Gasteiger partial charge < -0.3 is 4.74 Å². The Kier molecular flexibility index (Phi) is 4.28. The molecular weight excluding hydrogens is 322 g/mol. The van der Waals surface area contributed by atoms with Gasteiger partial charge in [0.15, 0.2) is 0 Å². The van der Waals surface area contributed by atoms with Crippen LogP contribution in [0.3, 0.4) is 0 Å². The zero-order chi connectivity index (χ0) is 16.6. The summed E-state index contributed by atoms with van der Waals surface area (Å²) in [6.07, 6.45) is 0.0858. The monoisotopic (exact) mass is 341 g/mol. The summed E-state index contributed by atoms with van der Waals surface area (Å²) in [7, 11) is -2.21. The number of hydrogen-bond acceptors (Lipinski definition) is 6. The van der Waals surface area contributed by atoms with Gasteiger partial charge in [0.1, 0.15) is 5.75 Å². The average molecular weight is 341 g/mol. The number of rotatable bonds is 5. The third-order valence-corrected chi connectivity index (χ3v) is 6.36. The second-order valence-corrected chi connectivity index (χ2v) is 7.51. The smallest absolute Gasteiger partial charge is 0.246 e. The average Bonchev–Trinajstić information content (AvgIpc) is 3.16. The number of ether oxygens (including phenoxy) is 1. The molecule has 2 unspecified atom stereocenters. The molecule has 3 rings (SSSR count). The van der Waals surface area contributed by atoms with Crippen molar-refractivity contribution in [3.63, 3.8) is 0 Å². The lowest BCUT2D eigenvalue weighted by molar-refractivity contribution is -0.131. The fourth-order valence-corrected chi connectivity index (χ4v) is 5.12. The Morgan fingerprint density at radius 2 is 2.09 bits per heavy atom. The topological polar surface area (TPSA) is 99.2 Å². The minimum absolute atomic E-state index is 0.0949.